The third kappa shape index (κ3) is 1.96. The molecule has 0 radical (unpaired) electrons. The number of furan rings is 1. The highest BCUT2D eigenvalue weighted by Gasteiger charge is 2.14. The van der Waals surface area contributed by atoms with Gasteiger partial charge in [-0.1, -0.05) is 42.5 Å². The standard InChI is InChI=1S/C15H12BrNO/c16-12-8-4-7-11-9-13(18-15(11)12)14(17)10-5-2-1-3-6-10/h1-9,14H,17H2. The fraction of sp³-hybridized carbons (Fsp3) is 0.0667. The van der Waals surface area contributed by atoms with E-state index >= 15 is 0 Å². The van der Waals surface area contributed by atoms with E-state index in [2.05, 4.69) is 15.9 Å². The van der Waals surface area contributed by atoms with E-state index in [0.717, 1.165) is 26.8 Å². The Kier molecular flexibility index (Phi) is 2.94. The number of fused-ring (bicyclic) bond motifs is 1. The van der Waals surface area contributed by atoms with E-state index in [9.17, 15) is 0 Å². The topological polar surface area (TPSA) is 39.2 Å². The lowest BCUT2D eigenvalue weighted by Gasteiger charge is -2.08. The van der Waals surface area contributed by atoms with E-state index in [1.807, 2.05) is 54.6 Å². The molecule has 0 fully saturated rings. The van der Waals surface area contributed by atoms with Gasteiger partial charge < -0.3 is 10.2 Å². The molecule has 90 valence electrons. The van der Waals surface area contributed by atoms with Gasteiger partial charge in [-0.25, -0.2) is 0 Å². The van der Waals surface area contributed by atoms with Crippen molar-refractivity contribution in [3.63, 3.8) is 0 Å². The van der Waals surface area contributed by atoms with E-state index in [4.69, 9.17) is 10.2 Å². The second-order valence-corrected chi connectivity index (χ2v) is 5.05. The Morgan fingerprint density at radius 1 is 1.00 bits per heavy atom. The van der Waals surface area contributed by atoms with Gasteiger partial charge in [0.15, 0.2) is 0 Å². The minimum absolute atomic E-state index is 0.231. The molecule has 18 heavy (non-hydrogen) atoms. The number of hydrogen-bond donors (Lipinski definition) is 1. The minimum Gasteiger partial charge on any atom is -0.458 e. The molecular weight excluding hydrogens is 290 g/mol. The van der Waals surface area contributed by atoms with Crippen LogP contribution in [-0.2, 0) is 0 Å². The summed E-state index contributed by atoms with van der Waals surface area (Å²) in [7, 11) is 0. The SMILES string of the molecule is NC(c1ccccc1)c1cc2cccc(Br)c2o1. The lowest BCUT2D eigenvalue weighted by molar-refractivity contribution is 0.524. The summed E-state index contributed by atoms with van der Waals surface area (Å²) < 4.78 is 6.79. The average Bonchev–Trinajstić information content (AvgIpc) is 2.84. The third-order valence-electron chi connectivity index (χ3n) is 2.98. The lowest BCUT2D eigenvalue weighted by Crippen LogP contribution is -2.10. The fourth-order valence-corrected chi connectivity index (χ4v) is 2.49. The molecule has 0 bridgehead atoms. The number of hydrogen-bond acceptors (Lipinski definition) is 2. The second-order valence-electron chi connectivity index (χ2n) is 4.20. The molecule has 1 heterocycles. The maximum Gasteiger partial charge on any atom is 0.148 e. The number of rotatable bonds is 2. The van der Waals surface area contributed by atoms with Crippen LogP contribution in [-0.4, -0.2) is 0 Å². The zero-order valence-corrected chi connectivity index (χ0v) is 11.2. The summed E-state index contributed by atoms with van der Waals surface area (Å²) in [6.07, 6.45) is 0. The highest BCUT2D eigenvalue weighted by atomic mass is 79.9. The van der Waals surface area contributed by atoms with Crippen molar-refractivity contribution in [3.8, 4) is 0 Å². The molecular formula is C15H12BrNO. The molecule has 3 aromatic rings. The monoisotopic (exact) mass is 301 g/mol. The van der Waals surface area contributed by atoms with E-state index in [-0.39, 0.29) is 6.04 Å². The van der Waals surface area contributed by atoms with Crippen LogP contribution in [0.25, 0.3) is 11.0 Å². The van der Waals surface area contributed by atoms with Crippen LogP contribution in [0.1, 0.15) is 17.4 Å². The summed E-state index contributed by atoms with van der Waals surface area (Å²) >= 11 is 3.48. The smallest absolute Gasteiger partial charge is 0.148 e. The van der Waals surface area contributed by atoms with Crippen LogP contribution >= 0.6 is 15.9 Å². The first-order chi connectivity index (χ1) is 8.75. The molecule has 0 spiro atoms. The van der Waals surface area contributed by atoms with Crippen molar-refractivity contribution in [1.82, 2.24) is 0 Å². The average molecular weight is 302 g/mol. The minimum atomic E-state index is -0.231. The van der Waals surface area contributed by atoms with Gasteiger partial charge in [-0.2, -0.15) is 0 Å². The lowest BCUT2D eigenvalue weighted by atomic mass is 10.1. The van der Waals surface area contributed by atoms with E-state index in [1.54, 1.807) is 0 Å². The Bertz CT molecular complexity index is 675. The van der Waals surface area contributed by atoms with Crippen molar-refractivity contribution in [1.29, 1.82) is 0 Å². The molecule has 1 aromatic heterocycles. The maximum absolute atomic E-state index is 6.22. The molecule has 2 aromatic carbocycles. The zero-order valence-electron chi connectivity index (χ0n) is 9.64. The molecule has 0 amide bonds. The summed E-state index contributed by atoms with van der Waals surface area (Å²) in [5.74, 6) is 0.781. The Balaban J connectivity index is 2.07. The Morgan fingerprint density at radius 2 is 1.78 bits per heavy atom. The molecule has 0 saturated heterocycles. The maximum atomic E-state index is 6.22. The summed E-state index contributed by atoms with van der Waals surface area (Å²) in [5, 5.41) is 1.06. The largest absolute Gasteiger partial charge is 0.458 e. The predicted molar refractivity (Wildman–Crippen MR) is 76.4 cm³/mol. The molecule has 2 N–H and O–H groups in total. The van der Waals surface area contributed by atoms with Gasteiger partial charge in [0.1, 0.15) is 11.3 Å². The molecule has 0 aliphatic heterocycles. The first kappa shape index (κ1) is 11.5. The van der Waals surface area contributed by atoms with Gasteiger partial charge in [0.2, 0.25) is 0 Å². The van der Waals surface area contributed by atoms with Crippen LogP contribution in [0.2, 0.25) is 0 Å². The van der Waals surface area contributed by atoms with Crippen molar-refractivity contribution < 1.29 is 4.42 Å². The first-order valence-electron chi connectivity index (χ1n) is 5.74. The Morgan fingerprint density at radius 3 is 2.50 bits per heavy atom. The molecule has 0 aliphatic rings. The van der Waals surface area contributed by atoms with Crippen LogP contribution in [0.15, 0.2) is 63.5 Å². The number of benzene rings is 2. The van der Waals surface area contributed by atoms with Crippen LogP contribution in [0.5, 0.6) is 0 Å². The number of para-hydroxylation sites is 1. The second kappa shape index (κ2) is 4.59. The summed E-state index contributed by atoms with van der Waals surface area (Å²) in [6.45, 7) is 0. The normalized spacial score (nSPS) is 12.8. The number of nitrogens with two attached hydrogens (primary N) is 1. The zero-order chi connectivity index (χ0) is 12.5. The van der Waals surface area contributed by atoms with Crippen LogP contribution in [0.3, 0.4) is 0 Å². The van der Waals surface area contributed by atoms with Crippen molar-refractivity contribution in [2.75, 3.05) is 0 Å². The Labute approximate surface area is 114 Å². The first-order valence-corrected chi connectivity index (χ1v) is 6.53. The quantitative estimate of drug-likeness (QED) is 0.769. The number of halogens is 1. The van der Waals surface area contributed by atoms with Crippen molar-refractivity contribution >= 4 is 26.9 Å². The van der Waals surface area contributed by atoms with Gasteiger partial charge in [-0.05, 0) is 33.6 Å². The molecule has 2 nitrogen and oxygen atoms in total. The van der Waals surface area contributed by atoms with Crippen LogP contribution in [0, 0.1) is 0 Å². The molecule has 1 atom stereocenters. The Hall–Kier alpha value is -1.58. The fourth-order valence-electron chi connectivity index (χ4n) is 2.03. The van der Waals surface area contributed by atoms with Gasteiger partial charge in [0.05, 0.1) is 10.5 Å². The highest BCUT2D eigenvalue weighted by Crippen LogP contribution is 2.30. The third-order valence-corrected chi connectivity index (χ3v) is 3.60. The van der Waals surface area contributed by atoms with Crippen molar-refractivity contribution in [3.05, 3.63) is 70.4 Å². The predicted octanol–water partition coefficient (Wildman–Crippen LogP) is 4.24. The van der Waals surface area contributed by atoms with Crippen molar-refractivity contribution in [2.45, 2.75) is 6.04 Å². The van der Waals surface area contributed by atoms with Gasteiger partial charge in [-0.3, -0.25) is 0 Å². The van der Waals surface area contributed by atoms with Gasteiger partial charge >= 0.3 is 0 Å². The summed E-state index contributed by atoms with van der Waals surface area (Å²) in [4.78, 5) is 0. The van der Waals surface area contributed by atoms with E-state index < -0.39 is 0 Å². The highest BCUT2D eigenvalue weighted by molar-refractivity contribution is 9.10. The molecule has 3 heteroatoms. The van der Waals surface area contributed by atoms with Crippen LogP contribution < -0.4 is 5.73 Å². The van der Waals surface area contributed by atoms with Crippen LogP contribution in [0.4, 0.5) is 0 Å². The molecule has 3 rings (SSSR count). The van der Waals surface area contributed by atoms with E-state index in [1.165, 1.54) is 0 Å². The molecule has 1 unspecified atom stereocenters. The van der Waals surface area contributed by atoms with Gasteiger partial charge in [0.25, 0.3) is 0 Å². The molecule has 0 saturated carbocycles. The van der Waals surface area contributed by atoms with E-state index in [0.29, 0.717) is 0 Å². The van der Waals surface area contributed by atoms with Crippen molar-refractivity contribution in [2.24, 2.45) is 5.73 Å². The molecule has 0 aliphatic carbocycles. The summed E-state index contributed by atoms with van der Waals surface area (Å²) in [6, 6.07) is 17.7. The summed E-state index contributed by atoms with van der Waals surface area (Å²) in [5.41, 5.74) is 8.12. The van der Waals surface area contributed by atoms with Gasteiger partial charge in [-0.15, -0.1) is 0 Å². The van der Waals surface area contributed by atoms with Gasteiger partial charge in [0, 0.05) is 5.39 Å².